The van der Waals surface area contributed by atoms with Crippen LogP contribution in [0.25, 0.3) is 0 Å². The molecule has 0 spiro atoms. The smallest absolute Gasteiger partial charge is 0.234 e. The van der Waals surface area contributed by atoms with E-state index < -0.39 is 0 Å². The number of rotatable bonds is 44. The fourth-order valence-electron chi connectivity index (χ4n) is 8.45. The lowest BCUT2D eigenvalue weighted by atomic mass is 10.0. The third-order valence-electron chi connectivity index (χ3n) is 12.1. The van der Waals surface area contributed by atoms with E-state index in [1.165, 1.54) is 283 Å². The van der Waals surface area contributed by atoms with E-state index in [1.54, 1.807) is 5.82 Å². The van der Waals surface area contributed by atoms with Gasteiger partial charge in [0, 0.05) is 6.42 Å². The predicted molar refractivity (Wildman–Crippen MR) is 235 cm³/mol. The molecule has 0 aliphatic heterocycles. The Bertz CT molecular complexity index is 796. The van der Waals surface area contributed by atoms with Gasteiger partial charge in [-0.3, -0.25) is 0 Å². The van der Waals surface area contributed by atoms with Gasteiger partial charge in [0.15, 0.2) is 0 Å². The molecule has 1 aromatic rings. The first-order valence-electron chi connectivity index (χ1n) is 24.9. The molecule has 1 heterocycles. The number of aryl methyl sites for hydroxylation is 2. The molecule has 0 aromatic carbocycles. The van der Waals surface area contributed by atoms with E-state index in [1.807, 2.05) is 0 Å². The second-order valence-electron chi connectivity index (χ2n) is 17.3. The van der Waals surface area contributed by atoms with E-state index >= 15 is 0 Å². The van der Waals surface area contributed by atoms with E-state index in [0.29, 0.717) is 0 Å². The fourth-order valence-corrected chi connectivity index (χ4v) is 8.45. The minimum absolute atomic E-state index is 1.23. The molecular weight excluding hydrogens is 629 g/mol. The van der Waals surface area contributed by atoms with Crippen LogP contribution in [0.2, 0.25) is 0 Å². The van der Waals surface area contributed by atoms with Crippen LogP contribution < -0.4 is 4.57 Å². The largest absolute Gasteiger partial charge is 0.256 e. The van der Waals surface area contributed by atoms with E-state index in [0.717, 1.165) is 0 Å². The Hall–Kier alpha value is -0.790. The van der Waals surface area contributed by atoms with E-state index in [-0.39, 0.29) is 0 Å². The second kappa shape index (κ2) is 41.4. The fraction of sp³-hybridized carbons (Fsp3) is 0.940. The van der Waals surface area contributed by atoms with E-state index in [9.17, 15) is 0 Å². The average molecular weight is 728 g/mol. The van der Waals surface area contributed by atoms with Crippen molar-refractivity contribution in [3.63, 3.8) is 0 Å². The van der Waals surface area contributed by atoms with Crippen LogP contribution >= 0.6 is 0 Å². The monoisotopic (exact) mass is 728 g/mol. The highest BCUT2D eigenvalue weighted by atomic mass is 15.1. The van der Waals surface area contributed by atoms with Gasteiger partial charge in [-0.25, -0.2) is 9.13 Å². The van der Waals surface area contributed by atoms with Crippen molar-refractivity contribution in [1.82, 2.24) is 4.57 Å². The van der Waals surface area contributed by atoms with Gasteiger partial charge >= 0.3 is 0 Å². The summed E-state index contributed by atoms with van der Waals surface area (Å²) < 4.78 is 5.31. The van der Waals surface area contributed by atoms with Crippen LogP contribution in [0.1, 0.15) is 290 Å². The van der Waals surface area contributed by atoms with Gasteiger partial charge in [-0.1, -0.05) is 252 Å². The number of aromatic nitrogens is 2. The molecule has 308 valence electrons. The molecule has 2 heteroatoms. The number of hydrogen-bond acceptors (Lipinski definition) is 0. The highest BCUT2D eigenvalue weighted by Gasteiger charge is 2.16. The van der Waals surface area contributed by atoms with Gasteiger partial charge in [0.05, 0.1) is 13.1 Å². The molecule has 0 aliphatic rings. The summed E-state index contributed by atoms with van der Waals surface area (Å²) in [5, 5.41) is 0. The summed E-state index contributed by atoms with van der Waals surface area (Å²) in [6.45, 7) is 9.42. The van der Waals surface area contributed by atoms with Crippen molar-refractivity contribution < 1.29 is 4.57 Å². The highest BCUT2D eigenvalue weighted by Crippen LogP contribution is 2.17. The average Bonchev–Trinajstić information content (AvgIpc) is 3.54. The Balaban J connectivity index is 2.21. The quantitative estimate of drug-likeness (QED) is 0.0467. The Morgan fingerprint density at radius 2 is 0.596 bits per heavy atom. The van der Waals surface area contributed by atoms with Gasteiger partial charge < -0.3 is 0 Å². The molecule has 0 unspecified atom stereocenters. The third-order valence-corrected chi connectivity index (χ3v) is 12.1. The van der Waals surface area contributed by atoms with Gasteiger partial charge in [0.1, 0.15) is 12.4 Å². The van der Waals surface area contributed by atoms with Crippen LogP contribution in [0.3, 0.4) is 0 Å². The zero-order chi connectivity index (χ0) is 37.3. The molecule has 1 rings (SSSR count). The maximum absolute atomic E-state index is 2.65. The Labute approximate surface area is 329 Å². The van der Waals surface area contributed by atoms with Crippen molar-refractivity contribution in [3.05, 3.63) is 18.2 Å². The van der Waals surface area contributed by atoms with Crippen molar-refractivity contribution in [2.75, 3.05) is 0 Å². The Morgan fingerprint density at radius 1 is 0.327 bits per heavy atom. The lowest BCUT2D eigenvalue weighted by molar-refractivity contribution is -0.704. The number of imidazole rings is 1. The topological polar surface area (TPSA) is 8.81 Å². The lowest BCUT2D eigenvalue weighted by Gasteiger charge is -2.07. The van der Waals surface area contributed by atoms with Crippen molar-refractivity contribution in [2.45, 2.75) is 304 Å². The van der Waals surface area contributed by atoms with Crippen molar-refractivity contribution in [3.8, 4) is 0 Å². The summed E-state index contributed by atoms with van der Waals surface area (Å²) in [7, 11) is 0. The second-order valence-corrected chi connectivity index (χ2v) is 17.3. The standard InChI is InChI=1S/C50H99N2/c1-4-7-10-13-16-19-21-23-25-26-28-30-32-35-38-41-44-47-52-49-48-51(50(52)45-42-39-36-33-18-15-12-9-6-3)46-43-40-37-34-31-29-27-24-22-20-17-14-11-8-5-2/h48-49H,4-47H2,1-3H3/q+1. The van der Waals surface area contributed by atoms with Crippen LogP contribution in [0.15, 0.2) is 12.4 Å². The van der Waals surface area contributed by atoms with Crippen molar-refractivity contribution in [1.29, 1.82) is 0 Å². The summed E-state index contributed by atoms with van der Waals surface area (Å²) in [5.74, 6) is 1.63. The molecule has 1 aromatic heterocycles. The van der Waals surface area contributed by atoms with Gasteiger partial charge in [0.25, 0.3) is 5.82 Å². The lowest BCUT2D eigenvalue weighted by Crippen LogP contribution is -2.37. The molecule has 0 bridgehead atoms. The molecule has 0 saturated heterocycles. The third kappa shape index (κ3) is 32.6. The normalized spacial score (nSPS) is 11.7. The first kappa shape index (κ1) is 49.2. The Kier molecular flexibility index (Phi) is 39.2. The van der Waals surface area contributed by atoms with Crippen LogP contribution in [0, 0.1) is 0 Å². The summed E-state index contributed by atoms with van der Waals surface area (Å²) in [4.78, 5) is 0. The minimum Gasteiger partial charge on any atom is -0.234 e. The first-order chi connectivity index (χ1) is 25.8. The maximum atomic E-state index is 2.65. The first-order valence-corrected chi connectivity index (χ1v) is 24.9. The summed E-state index contributed by atoms with van der Waals surface area (Å²) in [6.07, 6.45) is 65.3. The molecular formula is C50H99N2+. The van der Waals surface area contributed by atoms with E-state index in [2.05, 4.69) is 42.3 Å². The molecule has 0 atom stereocenters. The zero-order valence-corrected chi connectivity index (χ0v) is 36.7. The Morgan fingerprint density at radius 3 is 0.923 bits per heavy atom. The van der Waals surface area contributed by atoms with Crippen LogP contribution in [0.4, 0.5) is 0 Å². The summed E-state index contributed by atoms with van der Waals surface area (Å²) in [5.41, 5.74) is 0. The van der Waals surface area contributed by atoms with Gasteiger partial charge in [0.2, 0.25) is 0 Å². The maximum Gasteiger partial charge on any atom is 0.256 e. The van der Waals surface area contributed by atoms with Crippen LogP contribution in [-0.4, -0.2) is 4.57 Å². The summed E-state index contributed by atoms with van der Waals surface area (Å²) in [6, 6.07) is 0. The van der Waals surface area contributed by atoms with Gasteiger partial charge in [-0.05, 0) is 32.1 Å². The molecule has 0 fully saturated rings. The SMILES string of the molecule is CCCCCCCCCCCCCCCCCCC[n+]1ccn(CCCCCCCCCCCCCCCCC)c1CCCCCCCCCCC. The number of nitrogens with zero attached hydrogens (tertiary/aromatic N) is 2. The van der Waals surface area contributed by atoms with Crippen LogP contribution in [0.5, 0.6) is 0 Å². The molecule has 0 saturated carbocycles. The van der Waals surface area contributed by atoms with Crippen LogP contribution in [-0.2, 0) is 19.5 Å². The predicted octanol–water partition coefficient (Wildman–Crippen LogP) is 17.4. The number of hydrogen-bond donors (Lipinski definition) is 0. The molecule has 0 aliphatic carbocycles. The molecule has 0 amide bonds. The minimum atomic E-state index is 1.23. The molecule has 52 heavy (non-hydrogen) atoms. The molecule has 0 radical (unpaired) electrons. The molecule has 0 N–H and O–H groups in total. The van der Waals surface area contributed by atoms with Crippen molar-refractivity contribution in [2.24, 2.45) is 0 Å². The van der Waals surface area contributed by atoms with Crippen molar-refractivity contribution >= 4 is 0 Å². The summed E-state index contributed by atoms with van der Waals surface area (Å²) >= 11 is 0. The highest BCUT2D eigenvalue weighted by molar-refractivity contribution is 4.84. The molecule has 2 nitrogen and oxygen atoms in total. The zero-order valence-electron chi connectivity index (χ0n) is 36.7. The van der Waals surface area contributed by atoms with E-state index in [4.69, 9.17) is 0 Å². The van der Waals surface area contributed by atoms with Gasteiger partial charge in [-0.2, -0.15) is 0 Å². The number of unbranched alkanes of at least 4 members (excludes halogenated alkanes) is 38. The van der Waals surface area contributed by atoms with Gasteiger partial charge in [-0.15, -0.1) is 0 Å².